The first kappa shape index (κ1) is 14.8. The van der Waals surface area contributed by atoms with Crippen molar-refractivity contribution >= 4 is 11.9 Å². The molecule has 6 heteroatoms. The Labute approximate surface area is 111 Å². The number of carbonyl (C=O) groups excluding carboxylic acids is 2. The van der Waals surface area contributed by atoms with Gasteiger partial charge in [-0.15, -0.1) is 0 Å². The van der Waals surface area contributed by atoms with Gasteiger partial charge in [-0.2, -0.15) is 0 Å². The van der Waals surface area contributed by atoms with Gasteiger partial charge in [0.05, 0.1) is 14.2 Å². The maximum absolute atomic E-state index is 11.6. The molecule has 19 heavy (non-hydrogen) atoms. The molecular weight excluding hydrogens is 250 g/mol. The number of nitrogens with one attached hydrogen (secondary N) is 1. The van der Waals surface area contributed by atoms with Crippen LogP contribution in [0, 0.1) is 0 Å². The van der Waals surface area contributed by atoms with Crippen LogP contribution in [0.5, 0.6) is 11.5 Å². The topological polar surface area (TPSA) is 73.9 Å². The van der Waals surface area contributed by atoms with Crippen LogP contribution in [-0.2, 0) is 14.3 Å². The number of benzene rings is 1. The lowest BCUT2D eigenvalue weighted by Gasteiger charge is -2.13. The molecule has 1 unspecified atom stereocenters. The van der Waals surface area contributed by atoms with Crippen LogP contribution in [-0.4, -0.2) is 38.7 Å². The van der Waals surface area contributed by atoms with Crippen molar-refractivity contribution in [2.45, 2.75) is 13.0 Å². The van der Waals surface area contributed by atoms with Gasteiger partial charge in [0.15, 0.2) is 18.1 Å². The molecule has 0 spiro atoms. The first-order chi connectivity index (χ1) is 9.08. The minimum Gasteiger partial charge on any atom is -0.493 e. The van der Waals surface area contributed by atoms with Gasteiger partial charge in [-0.3, -0.25) is 4.79 Å². The number of ether oxygens (including phenoxy) is 3. The third kappa shape index (κ3) is 4.50. The van der Waals surface area contributed by atoms with E-state index in [1.165, 1.54) is 21.1 Å². The van der Waals surface area contributed by atoms with Crippen LogP contribution in [0.4, 0.5) is 0 Å². The molecule has 0 saturated carbocycles. The number of methoxy groups -OCH3 is 2. The predicted molar refractivity (Wildman–Crippen MR) is 68.1 cm³/mol. The molecule has 0 saturated heterocycles. The second-order valence-corrected chi connectivity index (χ2v) is 3.75. The molecule has 0 bridgehead atoms. The first-order valence-corrected chi connectivity index (χ1v) is 5.71. The van der Waals surface area contributed by atoms with Gasteiger partial charge in [-0.25, -0.2) is 4.79 Å². The molecule has 6 nitrogen and oxygen atoms in total. The van der Waals surface area contributed by atoms with E-state index >= 15 is 0 Å². The zero-order chi connectivity index (χ0) is 14.3. The number of esters is 1. The van der Waals surface area contributed by atoms with E-state index in [2.05, 4.69) is 10.1 Å². The van der Waals surface area contributed by atoms with Crippen molar-refractivity contribution in [2.75, 3.05) is 20.8 Å². The molecule has 1 amide bonds. The molecule has 104 valence electrons. The van der Waals surface area contributed by atoms with Gasteiger partial charge in [-0.05, 0) is 19.1 Å². The number of hydrogen-bond donors (Lipinski definition) is 1. The van der Waals surface area contributed by atoms with Crippen LogP contribution in [0.2, 0.25) is 0 Å². The van der Waals surface area contributed by atoms with Gasteiger partial charge in [-0.1, -0.05) is 12.1 Å². The van der Waals surface area contributed by atoms with E-state index in [4.69, 9.17) is 9.47 Å². The Hall–Kier alpha value is -2.24. The Morgan fingerprint density at radius 3 is 2.42 bits per heavy atom. The van der Waals surface area contributed by atoms with Crippen molar-refractivity contribution in [2.24, 2.45) is 0 Å². The zero-order valence-electron chi connectivity index (χ0n) is 11.1. The molecule has 0 heterocycles. The Balaban J connectivity index is 2.48. The number of rotatable bonds is 6. The second kappa shape index (κ2) is 7.25. The van der Waals surface area contributed by atoms with Crippen LogP contribution in [0.25, 0.3) is 0 Å². The highest BCUT2D eigenvalue weighted by molar-refractivity contribution is 5.84. The van der Waals surface area contributed by atoms with Crippen molar-refractivity contribution in [3.8, 4) is 11.5 Å². The summed E-state index contributed by atoms with van der Waals surface area (Å²) in [6.45, 7) is 1.33. The zero-order valence-corrected chi connectivity index (χ0v) is 11.1. The van der Waals surface area contributed by atoms with Crippen molar-refractivity contribution in [3.63, 3.8) is 0 Å². The van der Waals surface area contributed by atoms with Gasteiger partial charge in [0.1, 0.15) is 6.04 Å². The fourth-order valence-corrected chi connectivity index (χ4v) is 1.40. The molecule has 1 aromatic carbocycles. The lowest BCUT2D eigenvalue weighted by molar-refractivity contribution is -0.144. The highest BCUT2D eigenvalue weighted by Gasteiger charge is 2.16. The minimum absolute atomic E-state index is 0.207. The molecule has 0 fully saturated rings. The van der Waals surface area contributed by atoms with Crippen molar-refractivity contribution in [1.82, 2.24) is 5.32 Å². The Kier molecular flexibility index (Phi) is 5.66. The summed E-state index contributed by atoms with van der Waals surface area (Å²) in [4.78, 5) is 22.7. The fraction of sp³-hybridized carbons (Fsp3) is 0.385. The summed E-state index contributed by atoms with van der Waals surface area (Å²) in [7, 11) is 2.78. The third-order valence-electron chi connectivity index (χ3n) is 2.36. The van der Waals surface area contributed by atoms with Gasteiger partial charge >= 0.3 is 5.97 Å². The average molecular weight is 267 g/mol. The van der Waals surface area contributed by atoms with Gasteiger partial charge < -0.3 is 19.5 Å². The lowest BCUT2D eigenvalue weighted by atomic mass is 10.3. The van der Waals surface area contributed by atoms with Crippen molar-refractivity contribution in [1.29, 1.82) is 0 Å². The van der Waals surface area contributed by atoms with Crippen LogP contribution in [0.3, 0.4) is 0 Å². The fourth-order valence-electron chi connectivity index (χ4n) is 1.40. The quantitative estimate of drug-likeness (QED) is 0.770. The molecule has 0 radical (unpaired) electrons. The maximum Gasteiger partial charge on any atom is 0.328 e. The smallest absolute Gasteiger partial charge is 0.328 e. The van der Waals surface area contributed by atoms with E-state index in [1.54, 1.807) is 24.3 Å². The summed E-state index contributed by atoms with van der Waals surface area (Å²) in [5, 5.41) is 2.46. The van der Waals surface area contributed by atoms with Crippen LogP contribution in [0.1, 0.15) is 6.92 Å². The standard InChI is InChI=1S/C13H17NO5/c1-9(13(16)18-3)14-12(15)8-19-11-7-5-4-6-10(11)17-2/h4-7,9H,8H2,1-3H3,(H,14,15). The van der Waals surface area contributed by atoms with E-state index < -0.39 is 17.9 Å². The summed E-state index contributed by atoms with van der Waals surface area (Å²) in [5.41, 5.74) is 0. The van der Waals surface area contributed by atoms with Crippen molar-refractivity contribution in [3.05, 3.63) is 24.3 Å². The maximum atomic E-state index is 11.6. The van der Waals surface area contributed by atoms with E-state index in [-0.39, 0.29) is 6.61 Å². The average Bonchev–Trinajstić information content (AvgIpc) is 2.44. The van der Waals surface area contributed by atoms with Gasteiger partial charge in [0.2, 0.25) is 0 Å². The Bertz CT molecular complexity index is 446. The van der Waals surface area contributed by atoms with Gasteiger partial charge in [0.25, 0.3) is 5.91 Å². The highest BCUT2D eigenvalue weighted by Crippen LogP contribution is 2.25. The molecule has 1 rings (SSSR count). The molecule has 0 aromatic heterocycles. The normalized spacial score (nSPS) is 11.3. The number of amides is 1. The molecule has 0 aliphatic carbocycles. The van der Waals surface area contributed by atoms with Crippen LogP contribution < -0.4 is 14.8 Å². The van der Waals surface area contributed by atoms with Crippen molar-refractivity contribution < 1.29 is 23.8 Å². The minimum atomic E-state index is -0.709. The number of carbonyl (C=O) groups is 2. The van der Waals surface area contributed by atoms with Gasteiger partial charge in [0, 0.05) is 0 Å². The predicted octanol–water partition coefficient (Wildman–Crippen LogP) is 0.752. The third-order valence-corrected chi connectivity index (χ3v) is 2.36. The molecule has 1 N–H and O–H groups in total. The van der Waals surface area contributed by atoms with E-state index in [0.717, 1.165) is 0 Å². The summed E-state index contributed by atoms with van der Waals surface area (Å²) in [5.74, 6) is 0.0802. The van der Waals surface area contributed by atoms with Crippen LogP contribution >= 0.6 is 0 Å². The monoisotopic (exact) mass is 267 g/mol. The van der Waals surface area contributed by atoms with Crippen LogP contribution in [0.15, 0.2) is 24.3 Å². The summed E-state index contributed by atoms with van der Waals surface area (Å²) >= 11 is 0. The summed E-state index contributed by atoms with van der Waals surface area (Å²) < 4.78 is 14.9. The molecule has 0 aliphatic rings. The second-order valence-electron chi connectivity index (χ2n) is 3.75. The molecular formula is C13H17NO5. The number of hydrogen-bond acceptors (Lipinski definition) is 5. The van der Waals surface area contributed by atoms with E-state index in [0.29, 0.717) is 11.5 Å². The molecule has 1 aromatic rings. The number of para-hydroxylation sites is 2. The molecule has 0 aliphatic heterocycles. The summed E-state index contributed by atoms with van der Waals surface area (Å²) in [6.07, 6.45) is 0. The Morgan fingerprint density at radius 2 is 1.84 bits per heavy atom. The SMILES string of the molecule is COC(=O)C(C)NC(=O)COc1ccccc1OC. The van der Waals surface area contributed by atoms with E-state index in [9.17, 15) is 9.59 Å². The molecule has 1 atom stereocenters. The summed E-state index contributed by atoms with van der Waals surface area (Å²) in [6, 6.07) is 6.27. The van der Waals surface area contributed by atoms with E-state index in [1.807, 2.05) is 0 Å². The largest absolute Gasteiger partial charge is 0.493 e. The highest BCUT2D eigenvalue weighted by atomic mass is 16.5. The lowest BCUT2D eigenvalue weighted by Crippen LogP contribution is -2.41. The first-order valence-electron chi connectivity index (χ1n) is 5.71. The Morgan fingerprint density at radius 1 is 1.21 bits per heavy atom.